The Morgan fingerprint density at radius 3 is 2.77 bits per heavy atom. The van der Waals surface area contributed by atoms with E-state index in [1.807, 2.05) is 13.0 Å². The average Bonchev–Trinajstić information content (AvgIpc) is 2.28. The minimum Gasteiger partial charge on any atom is -0.481 e. The predicted molar refractivity (Wildman–Crippen MR) is 54.0 cm³/mol. The second kappa shape index (κ2) is 4.21. The fourth-order valence-electron chi connectivity index (χ4n) is 0.987. The smallest absolute Gasteiger partial charge is 0.306 e. The number of carboxylic acids is 1. The molecule has 72 valence electrons. The van der Waals surface area contributed by atoms with E-state index in [9.17, 15) is 9.90 Å². The van der Waals surface area contributed by atoms with Crippen LogP contribution in [0.4, 0.5) is 0 Å². The van der Waals surface area contributed by atoms with Crippen LogP contribution in [0.2, 0.25) is 0 Å². The van der Waals surface area contributed by atoms with E-state index >= 15 is 0 Å². The molecule has 0 saturated heterocycles. The van der Waals surface area contributed by atoms with Gasteiger partial charge in [-0.25, -0.2) is 0 Å². The maximum Gasteiger partial charge on any atom is 0.306 e. The highest BCUT2D eigenvalue weighted by Crippen LogP contribution is 2.33. The minimum atomic E-state index is -0.995. The second-order valence-electron chi connectivity index (χ2n) is 2.68. The first-order valence-electron chi connectivity index (χ1n) is 3.66. The van der Waals surface area contributed by atoms with Crippen molar-refractivity contribution < 1.29 is 15.0 Å². The maximum atomic E-state index is 10.3. The summed E-state index contributed by atoms with van der Waals surface area (Å²) < 4.78 is 0.781. The first-order valence-corrected chi connectivity index (χ1v) is 5.27. The molecule has 0 aromatic carbocycles. The lowest BCUT2D eigenvalue weighted by Gasteiger charge is -2.04. The van der Waals surface area contributed by atoms with E-state index in [0.29, 0.717) is 4.88 Å². The number of aliphatic hydroxyl groups is 1. The Labute approximate surface area is 88.1 Å². The quantitative estimate of drug-likeness (QED) is 0.881. The maximum absolute atomic E-state index is 10.3. The topological polar surface area (TPSA) is 57.5 Å². The number of hydrogen-bond acceptors (Lipinski definition) is 3. The summed E-state index contributed by atoms with van der Waals surface area (Å²) >= 11 is 4.67. The summed E-state index contributed by atoms with van der Waals surface area (Å²) in [5, 5.41) is 18.0. The number of thiophene rings is 1. The molecule has 0 aliphatic carbocycles. The van der Waals surface area contributed by atoms with Gasteiger partial charge in [0.25, 0.3) is 0 Å². The van der Waals surface area contributed by atoms with Gasteiger partial charge in [-0.1, -0.05) is 0 Å². The van der Waals surface area contributed by atoms with Crippen LogP contribution >= 0.6 is 27.3 Å². The SMILES string of the molecule is Cc1cc(Br)c([C@@H](O)CC(=O)O)s1. The molecular weight excluding hydrogens is 256 g/mol. The lowest BCUT2D eigenvalue weighted by molar-refractivity contribution is -0.139. The zero-order valence-electron chi connectivity index (χ0n) is 6.95. The molecule has 0 radical (unpaired) electrons. The molecule has 0 spiro atoms. The monoisotopic (exact) mass is 264 g/mol. The Hall–Kier alpha value is -0.390. The van der Waals surface area contributed by atoms with Crippen LogP contribution in [-0.4, -0.2) is 16.2 Å². The molecule has 13 heavy (non-hydrogen) atoms. The van der Waals surface area contributed by atoms with Crippen LogP contribution in [0.3, 0.4) is 0 Å². The summed E-state index contributed by atoms with van der Waals surface area (Å²) in [5.41, 5.74) is 0. The molecule has 5 heteroatoms. The molecular formula is C8H9BrO3S. The van der Waals surface area contributed by atoms with E-state index in [0.717, 1.165) is 9.35 Å². The fourth-order valence-corrected chi connectivity index (χ4v) is 2.89. The standard InChI is InChI=1S/C8H9BrO3S/c1-4-2-5(9)8(13-4)6(10)3-7(11)12/h2,6,10H,3H2,1H3,(H,11,12)/t6-/m0/s1. The van der Waals surface area contributed by atoms with Crippen molar-refractivity contribution in [2.45, 2.75) is 19.4 Å². The predicted octanol–water partition coefficient (Wildman–Crippen LogP) is 2.33. The van der Waals surface area contributed by atoms with E-state index in [4.69, 9.17) is 5.11 Å². The Bertz CT molecular complexity index is 321. The molecule has 0 bridgehead atoms. The molecule has 0 unspecified atom stereocenters. The lowest BCUT2D eigenvalue weighted by Crippen LogP contribution is -2.04. The number of rotatable bonds is 3. The number of carbonyl (C=O) groups is 1. The first-order chi connectivity index (χ1) is 6.00. The average molecular weight is 265 g/mol. The van der Waals surface area contributed by atoms with Crippen LogP contribution in [0.15, 0.2) is 10.5 Å². The van der Waals surface area contributed by atoms with E-state index in [1.54, 1.807) is 0 Å². The van der Waals surface area contributed by atoms with Crippen LogP contribution < -0.4 is 0 Å². The zero-order valence-corrected chi connectivity index (χ0v) is 9.35. The summed E-state index contributed by atoms with van der Waals surface area (Å²) in [7, 11) is 0. The largest absolute Gasteiger partial charge is 0.481 e. The van der Waals surface area contributed by atoms with Crippen LogP contribution in [0.1, 0.15) is 22.3 Å². The Balaban J connectivity index is 2.81. The first kappa shape index (κ1) is 10.7. The van der Waals surface area contributed by atoms with Gasteiger partial charge in [-0.3, -0.25) is 4.79 Å². The molecule has 2 N–H and O–H groups in total. The normalized spacial score (nSPS) is 12.8. The number of carboxylic acid groups (broad SMARTS) is 1. The van der Waals surface area contributed by atoms with Crippen molar-refractivity contribution in [1.82, 2.24) is 0 Å². The van der Waals surface area contributed by atoms with Crippen LogP contribution in [0.25, 0.3) is 0 Å². The summed E-state index contributed by atoms with van der Waals surface area (Å²) in [6.07, 6.45) is -1.16. The summed E-state index contributed by atoms with van der Waals surface area (Å²) in [5.74, 6) is -0.995. The Kier molecular flexibility index (Phi) is 3.47. The molecule has 1 heterocycles. The van der Waals surface area contributed by atoms with Gasteiger partial charge >= 0.3 is 5.97 Å². The fraction of sp³-hybridized carbons (Fsp3) is 0.375. The number of halogens is 1. The Morgan fingerprint density at radius 2 is 2.38 bits per heavy atom. The van der Waals surface area contributed by atoms with Crippen molar-refractivity contribution in [3.63, 3.8) is 0 Å². The van der Waals surface area contributed by atoms with Gasteiger partial charge in [0, 0.05) is 14.2 Å². The van der Waals surface area contributed by atoms with Crippen molar-refractivity contribution in [2.75, 3.05) is 0 Å². The molecule has 0 aliphatic heterocycles. The molecule has 0 fully saturated rings. The van der Waals surface area contributed by atoms with E-state index in [2.05, 4.69) is 15.9 Å². The molecule has 1 aromatic heterocycles. The van der Waals surface area contributed by atoms with Gasteiger partial charge in [0.05, 0.1) is 12.5 Å². The summed E-state index contributed by atoms with van der Waals surface area (Å²) in [6.45, 7) is 1.91. The van der Waals surface area contributed by atoms with Crippen molar-refractivity contribution in [3.8, 4) is 0 Å². The second-order valence-corrected chi connectivity index (χ2v) is 4.83. The number of aliphatic hydroxyl groups excluding tert-OH is 1. The van der Waals surface area contributed by atoms with Gasteiger partial charge in [0.1, 0.15) is 0 Å². The van der Waals surface area contributed by atoms with E-state index in [-0.39, 0.29) is 6.42 Å². The number of aliphatic carboxylic acids is 1. The van der Waals surface area contributed by atoms with Crippen LogP contribution in [0, 0.1) is 6.92 Å². The highest BCUT2D eigenvalue weighted by molar-refractivity contribution is 9.10. The van der Waals surface area contributed by atoms with Gasteiger partial charge in [0.15, 0.2) is 0 Å². The van der Waals surface area contributed by atoms with Gasteiger partial charge in [-0.15, -0.1) is 11.3 Å². The third kappa shape index (κ3) is 2.79. The van der Waals surface area contributed by atoms with E-state index < -0.39 is 12.1 Å². The number of aryl methyl sites for hydroxylation is 1. The molecule has 0 aliphatic rings. The molecule has 0 amide bonds. The third-order valence-electron chi connectivity index (χ3n) is 1.51. The zero-order chi connectivity index (χ0) is 10.0. The van der Waals surface area contributed by atoms with Gasteiger partial charge in [-0.05, 0) is 28.9 Å². The molecule has 1 aromatic rings. The van der Waals surface area contributed by atoms with Gasteiger partial charge in [-0.2, -0.15) is 0 Å². The van der Waals surface area contributed by atoms with Crippen molar-refractivity contribution in [2.24, 2.45) is 0 Å². The Morgan fingerprint density at radius 1 is 1.77 bits per heavy atom. The van der Waals surface area contributed by atoms with Gasteiger partial charge in [0.2, 0.25) is 0 Å². The van der Waals surface area contributed by atoms with Crippen molar-refractivity contribution in [1.29, 1.82) is 0 Å². The van der Waals surface area contributed by atoms with Crippen molar-refractivity contribution in [3.05, 3.63) is 20.3 Å². The van der Waals surface area contributed by atoms with Crippen molar-refractivity contribution >= 4 is 33.2 Å². The lowest BCUT2D eigenvalue weighted by atomic mass is 10.2. The number of hydrogen-bond donors (Lipinski definition) is 2. The van der Waals surface area contributed by atoms with Crippen LogP contribution in [0.5, 0.6) is 0 Å². The third-order valence-corrected chi connectivity index (χ3v) is 3.58. The van der Waals surface area contributed by atoms with E-state index in [1.165, 1.54) is 11.3 Å². The minimum absolute atomic E-state index is 0.251. The highest BCUT2D eigenvalue weighted by Gasteiger charge is 2.17. The molecule has 1 rings (SSSR count). The molecule has 0 saturated carbocycles. The summed E-state index contributed by atoms with van der Waals surface area (Å²) in [4.78, 5) is 12.1. The summed E-state index contributed by atoms with van der Waals surface area (Å²) in [6, 6.07) is 1.87. The molecule has 1 atom stereocenters. The van der Waals surface area contributed by atoms with Gasteiger partial charge < -0.3 is 10.2 Å². The highest BCUT2D eigenvalue weighted by atomic mass is 79.9. The van der Waals surface area contributed by atoms with Crippen LogP contribution in [-0.2, 0) is 4.79 Å². The molecule has 3 nitrogen and oxygen atoms in total.